The van der Waals surface area contributed by atoms with E-state index >= 15 is 0 Å². The Bertz CT molecular complexity index is 836. The topological polar surface area (TPSA) is 75.7 Å². The van der Waals surface area contributed by atoms with E-state index in [2.05, 4.69) is 27.9 Å². The van der Waals surface area contributed by atoms with Crippen molar-refractivity contribution >= 4 is 44.2 Å². The number of amides is 1. The average Bonchev–Trinajstić information content (AvgIpc) is 2.62. The van der Waals surface area contributed by atoms with Gasteiger partial charge in [0.05, 0.1) is 18.0 Å². The van der Waals surface area contributed by atoms with Gasteiger partial charge >= 0.3 is 0 Å². The highest BCUT2D eigenvalue weighted by molar-refractivity contribution is 14.1. The molecule has 0 heterocycles. The Balaban J connectivity index is 2.10. The second-order valence-corrected chi connectivity index (χ2v) is 8.57. The Kier molecular flexibility index (Phi) is 7.42. The predicted molar refractivity (Wildman–Crippen MR) is 110 cm³/mol. The molecule has 1 N–H and O–H groups in total. The van der Waals surface area contributed by atoms with Crippen molar-refractivity contribution < 1.29 is 17.9 Å². The summed E-state index contributed by atoms with van der Waals surface area (Å²) >= 11 is 2.17. The van der Waals surface area contributed by atoms with Crippen LogP contribution >= 0.6 is 22.6 Å². The van der Waals surface area contributed by atoms with Gasteiger partial charge in [0.2, 0.25) is 15.9 Å². The first-order valence-electron chi connectivity index (χ1n) is 8.15. The number of benzene rings is 2. The number of rotatable bonds is 8. The summed E-state index contributed by atoms with van der Waals surface area (Å²) in [5.41, 5.74) is 0.630. The first-order valence-corrected chi connectivity index (χ1v) is 10.7. The Morgan fingerprint density at radius 3 is 2.23 bits per heavy atom. The number of carbonyl (C=O) groups excluding carboxylic acids is 1. The zero-order valence-electron chi connectivity index (χ0n) is 14.6. The molecule has 0 fully saturated rings. The molecule has 26 heavy (non-hydrogen) atoms. The summed E-state index contributed by atoms with van der Waals surface area (Å²) in [7, 11) is -3.76. The summed E-state index contributed by atoms with van der Waals surface area (Å²) in [5, 5.41) is 2.71. The number of hydrogen-bond donors (Lipinski definition) is 1. The lowest BCUT2D eigenvalue weighted by atomic mass is 10.3. The number of anilines is 1. The molecule has 0 aromatic heterocycles. The van der Waals surface area contributed by atoms with Crippen LogP contribution in [0.3, 0.4) is 0 Å². The standard InChI is InChI=1S/C18H21IN2O4S/c1-3-21(13-18(22)20-15-7-5-14(19)6-8-15)26(23,24)17-11-9-16(10-12-17)25-4-2/h5-12H,3-4,13H2,1-2H3,(H,20,22). The van der Waals surface area contributed by atoms with Crippen LogP contribution in [-0.2, 0) is 14.8 Å². The Morgan fingerprint density at radius 2 is 1.69 bits per heavy atom. The molecular formula is C18H21IN2O4S. The van der Waals surface area contributed by atoms with Crippen molar-refractivity contribution in [3.63, 3.8) is 0 Å². The number of hydrogen-bond acceptors (Lipinski definition) is 4. The largest absolute Gasteiger partial charge is 0.494 e. The van der Waals surface area contributed by atoms with Gasteiger partial charge in [0.1, 0.15) is 5.75 Å². The molecule has 0 unspecified atom stereocenters. The van der Waals surface area contributed by atoms with Crippen molar-refractivity contribution in [1.82, 2.24) is 4.31 Å². The van der Waals surface area contributed by atoms with Crippen LogP contribution in [-0.4, -0.2) is 38.3 Å². The summed E-state index contributed by atoms with van der Waals surface area (Å²) in [4.78, 5) is 12.4. The van der Waals surface area contributed by atoms with E-state index in [0.29, 0.717) is 18.0 Å². The van der Waals surface area contributed by atoms with Crippen LogP contribution < -0.4 is 10.1 Å². The van der Waals surface area contributed by atoms with Crippen LogP contribution in [0.5, 0.6) is 5.75 Å². The maximum absolute atomic E-state index is 12.8. The van der Waals surface area contributed by atoms with Crippen LogP contribution in [0.4, 0.5) is 5.69 Å². The van der Waals surface area contributed by atoms with E-state index in [-0.39, 0.29) is 23.9 Å². The summed E-state index contributed by atoms with van der Waals surface area (Å²) < 4.78 is 33.1. The molecule has 0 radical (unpaired) electrons. The molecule has 6 nitrogen and oxygen atoms in total. The Hall–Kier alpha value is -1.65. The number of carbonyl (C=O) groups is 1. The highest BCUT2D eigenvalue weighted by Crippen LogP contribution is 2.20. The molecule has 140 valence electrons. The van der Waals surface area contributed by atoms with Gasteiger partial charge in [0.25, 0.3) is 0 Å². The van der Waals surface area contributed by atoms with Gasteiger partial charge in [-0.25, -0.2) is 8.42 Å². The van der Waals surface area contributed by atoms with Gasteiger partial charge in [-0.15, -0.1) is 0 Å². The van der Waals surface area contributed by atoms with Crippen molar-refractivity contribution in [2.24, 2.45) is 0 Å². The fourth-order valence-corrected chi connectivity index (χ4v) is 4.05. The van der Waals surface area contributed by atoms with Gasteiger partial charge in [-0.3, -0.25) is 4.79 Å². The third-order valence-electron chi connectivity index (χ3n) is 3.57. The molecule has 2 aromatic rings. The van der Waals surface area contributed by atoms with Crippen LogP contribution in [0, 0.1) is 3.57 Å². The molecule has 0 aliphatic carbocycles. The van der Waals surface area contributed by atoms with E-state index in [1.165, 1.54) is 12.1 Å². The second kappa shape index (κ2) is 9.33. The minimum absolute atomic E-state index is 0.130. The van der Waals surface area contributed by atoms with Crippen molar-refractivity contribution in [3.8, 4) is 5.75 Å². The van der Waals surface area contributed by atoms with E-state index in [1.54, 1.807) is 31.2 Å². The highest BCUT2D eigenvalue weighted by Gasteiger charge is 2.25. The molecule has 2 aromatic carbocycles. The molecule has 0 aliphatic rings. The van der Waals surface area contributed by atoms with E-state index in [9.17, 15) is 13.2 Å². The molecular weight excluding hydrogens is 467 g/mol. The summed E-state index contributed by atoms with van der Waals surface area (Å²) in [6, 6.07) is 13.5. The zero-order valence-corrected chi connectivity index (χ0v) is 17.6. The third kappa shape index (κ3) is 5.42. The average molecular weight is 488 g/mol. The molecule has 0 aliphatic heterocycles. The lowest BCUT2D eigenvalue weighted by Crippen LogP contribution is -2.37. The summed E-state index contributed by atoms with van der Waals surface area (Å²) in [6.07, 6.45) is 0. The summed E-state index contributed by atoms with van der Waals surface area (Å²) in [6.45, 7) is 4.00. The minimum Gasteiger partial charge on any atom is -0.494 e. The van der Waals surface area contributed by atoms with E-state index in [0.717, 1.165) is 7.88 Å². The monoisotopic (exact) mass is 488 g/mol. The smallest absolute Gasteiger partial charge is 0.243 e. The second-order valence-electron chi connectivity index (χ2n) is 5.39. The minimum atomic E-state index is -3.76. The van der Waals surface area contributed by atoms with Gasteiger partial charge in [-0.05, 0) is 78.0 Å². The maximum Gasteiger partial charge on any atom is 0.243 e. The van der Waals surface area contributed by atoms with Gasteiger partial charge < -0.3 is 10.1 Å². The predicted octanol–water partition coefficient (Wildman–Crippen LogP) is 3.34. The quantitative estimate of drug-likeness (QED) is 0.579. The molecule has 1 amide bonds. The fraction of sp³-hybridized carbons (Fsp3) is 0.278. The third-order valence-corrected chi connectivity index (χ3v) is 6.23. The number of nitrogens with one attached hydrogen (secondary N) is 1. The molecule has 0 saturated carbocycles. The molecule has 0 spiro atoms. The van der Waals surface area contributed by atoms with Crippen LogP contribution in [0.25, 0.3) is 0 Å². The van der Waals surface area contributed by atoms with Crippen LogP contribution in [0.15, 0.2) is 53.4 Å². The number of ether oxygens (including phenoxy) is 1. The first-order chi connectivity index (χ1) is 12.4. The molecule has 0 atom stereocenters. The van der Waals surface area contributed by atoms with Gasteiger partial charge in [0, 0.05) is 15.8 Å². The molecule has 0 bridgehead atoms. The van der Waals surface area contributed by atoms with Crippen molar-refractivity contribution in [2.45, 2.75) is 18.7 Å². The number of sulfonamides is 1. The number of likely N-dealkylation sites (N-methyl/N-ethyl adjacent to an activating group) is 1. The normalized spacial score (nSPS) is 11.4. The van der Waals surface area contributed by atoms with Crippen molar-refractivity contribution in [1.29, 1.82) is 0 Å². The Labute approximate surface area is 167 Å². The van der Waals surface area contributed by atoms with E-state index < -0.39 is 10.0 Å². The first kappa shape index (κ1) is 20.7. The number of halogens is 1. The van der Waals surface area contributed by atoms with Crippen molar-refractivity contribution in [3.05, 3.63) is 52.1 Å². The van der Waals surface area contributed by atoms with Crippen LogP contribution in [0.2, 0.25) is 0 Å². The zero-order chi connectivity index (χ0) is 19.2. The van der Waals surface area contributed by atoms with Gasteiger partial charge in [-0.2, -0.15) is 4.31 Å². The van der Waals surface area contributed by atoms with E-state index in [1.807, 2.05) is 19.1 Å². The lowest BCUT2D eigenvalue weighted by molar-refractivity contribution is -0.116. The van der Waals surface area contributed by atoms with E-state index in [4.69, 9.17) is 4.74 Å². The van der Waals surface area contributed by atoms with Crippen LogP contribution in [0.1, 0.15) is 13.8 Å². The lowest BCUT2D eigenvalue weighted by Gasteiger charge is -2.20. The fourth-order valence-electron chi connectivity index (χ4n) is 2.28. The number of nitrogens with zero attached hydrogens (tertiary/aromatic N) is 1. The Morgan fingerprint density at radius 1 is 1.08 bits per heavy atom. The SMILES string of the molecule is CCOc1ccc(S(=O)(=O)N(CC)CC(=O)Nc2ccc(I)cc2)cc1. The molecule has 2 rings (SSSR count). The molecule has 0 saturated heterocycles. The maximum atomic E-state index is 12.8. The highest BCUT2D eigenvalue weighted by atomic mass is 127. The molecule has 8 heteroatoms. The van der Waals surface area contributed by atoms with Crippen molar-refractivity contribution in [2.75, 3.05) is 25.0 Å². The van der Waals surface area contributed by atoms with Gasteiger partial charge in [-0.1, -0.05) is 6.92 Å². The van der Waals surface area contributed by atoms with Gasteiger partial charge in [0.15, 0.2) is 0 Å². The summed E-state index contributed by atoms with van der Waals surface area (Å²) in [5.74, 6) is 0.216.